The van der Waals surface area contributed by atoms with Crippen molar-refractivity contribution >= 4 is 43.1 Å². The first-order chi connectivity index (χ1) is 27.0. The van der Waals surface area contributed by atoms with E-state index in [1.54, 1.807) is 0 Å². The highest BCUT2D eigenvalue weighted by atomic mass is 14.4. The van der Waals surface area contributed by atoms with E-state index in [2.05, 4.69) is 208 Å². The summed E-state index contributed by atoms with van der Waals surface area (Å²) >= 11 is 0. The van der Waals surface area contributed by atoms with Crippen LogP contribution in [0.25, 0.3) is 98.7 Å². The lowest BCUT2D eigenvalue weighted by molar-refractivity contribution is 0.662. The molecule has 55 heavy (non-hydrogen) atoms. The van der Waals surface area contributed by atoms with Gasteiger partial charge in [-0.05, 0) is 128 Å². The van der Waals surface area contributed by atoms with Gasteiger partial charge < -0.3 is 0 Å². The summed E-state index contributed by atoms with van der Waals surface area (Å²) in [4.78, 5) is 0. The third-order valence-corrected chi connectivity index (χ3v) is 12.2. The number of rotatable bonds is 4. The second-order valence-electron chi connectivity index (χ2n) is 15.6. The summed E-state index contributed by atoms with van der Waals surface area (Å²) in [7, 11) is 0. The van der Waals surface area contributed by atoms with E-state index in [4.69, 9.17) is 0 Å². The van der Waals surface area contributed by atoms with Crippen molar-refractivity contribution in [2.75, 3.05) is 0 Å². The van der Waals surface area contributed by atoms with Crippen molar-refractivity contribution in [3.8, 4) is 55.6 Å². The van der Waals surface area contributed by atoms with E-state index >= 15 is 0 Å². The molecule has 0 heterocycles. The molecule has 0 N–H and O–H groups in total. The highest BCUT2D eigenvalue weighted by Gasteiger charge is 2.38. The molecule has 0 saturated carbocycles. The maximum Gasteiger partial charge on any atom is 0.0165 e. The van der Waals surface area contributed by atoms with E-state index in [9.17, 15) is 0 Å². The molecule has 11 rings (SSSR count). The molecule has 0 unspecified atom stereocenters. The smallest absolute Gasteiger partial charge is 0.0165 e. The van der Waals surface area contributed by atoms with Gasteiger partial charge in [-0.1, -0.05) is 190 Å². The summed E-state index contributed by atoms with van der Waals surface area (Å²) in [5.74, 6) is 0. The van der Waals surface area contributed by atoms with Gasteiger partial charge >= 0.3 is 0 Å². The zero-order valence-electron chi connectivity index (χ0n) is 31.0. The predicted octanol–water partition coefficient (Wildman–Crippen LogP) is 15.3. The highest BCUT2D eigenvalue weighted by molar-refractivity contribution is 6.21. The summed E-state index contributed by atoms with van der Waals surface area (Å²) in [5, 5.41) is 10.2. The van der Waals surface area contributed by atoms with Crippen molar-refractivity contribution in [2.24, 2.45) is 0 Å². The summed E-state index contributed by atoms with van der Waals surface area (Å²) < 4.78 is 0. The second kappa shape index (κ2) is 12.1. The fourth-order valence-electron chi connectivity index (χ4n) is 9.71. The van der Waals surface area contributed by atoms with Gasteiger partial charge in [0.25, 0.3) is 0 Å². The van der Waals surface area contributed by atoms with Crippen molar-refractivity contribution in [3.05, 3.63) is 205 Å². The summed E-state index contributed by atoms with van der Waals surface area (Å²) in [6.07, 6.45) is 0. The highest BCUT2D eigenvalue weighted by Crippen LogP contribution is 2.54. The lowest BCUT2D eigenvalue weighted by Gasteiger charge is -2.25. The zero-order valence-corrected chi connectivity index (χ0v) is 31.0. The van der Waals surface area contributed by atoms with Crippen LogP contribution in [0.5, 0.6) is 0 Å². The summed E-state index contributed by atoms with van der Waals surface area (Å²) in [6.45, 7) is 4.79. The van der Waals surface area contributed by atoms with E-state index in [1.165, 1.54) is 110 Å². The van der Waals surface area contributed by atoms with Gasteiger partial charge in [0.1, 0.15) is 0 Å². The molecule has 0 aliphatic heterocycles. The van der Waals surface area contributed by atoms with E-state index < -0.39 is 0 Å². The van der Waals surface area contributed by atoms with Gasteiger partial charge in [-0.15, -0.1) is 0 Å². The lowest BCUT2D eigenvalue weighted by atomic mass is 9.78. The van der Waals surface area contributed by atoms with Crippen molar-refractivity contribution < 1.29 is 0 Å². The fourth-order valence-corrected chi connectivity index (χ4v) is 9.71. The van der Waals surface area contributed by atoms with Gasteiger partial charge in [0.2, 0.25) is 0 Å². The van der Waals surface area contributed by atoms with E-state index in [-0.39, 0.29) is 5.41 Å². The molecule has 0 fully saturated rings. The van der Waals surface area contributed by atoms with Crippen LogP contribution in [-0.2, 0) is 5.41 Å². The molecular formula is C55H38. The maximum absolute atomic E-state index is 2.43. The molecule has 0 bridgehead atoms. The molecule has 0 heteroatoms. The quantitative estimate of drug-likeness (QED) is 0.161. The fraction of sp³-hybridized carbons (Fsp3) is 0.0545. The Hall–Kier alpha value is -6.76. The van der Waals surface area contributed by atoms with Crippen LogP contribution in [0.2, 0.25) is 0 Å². The minimum Gasteiger partial charge on any atom is -0.0616 e. The van der Waals surface area contributed by atoms with Crippen LogP contribution in [0.4, 0.5) is 0 Å². The standard InChI is InChI=1S/C55H38/c1-55(2)50-31-30-36-15-5-6-21-43(36)53(50)49-27-13-26-44(54(49)55)40-18-12-20-42(34-40)52-47-24-9-7-22-45(47)51(46-23-8-10-25-48(46)52)41-19-11-17-38(33-41)39-29-28-35-14-3-4-16-37(35)32-39/h3-34H,1-2H3. The van der Waals surface area contributed by atoms with Crippen LogP contribution >= 0.6 is 0 Å². The first-order valence-electron chi connectivity index (χ1n) is 19.3. The SMILES string of the molecule is CC1(C)c2ccc3ccccc3c2-c2cccc(-c3cccc(-c4c5ccccc5c(-c5cccc(-c6ccc7ccccc7c6)c5)c5ccccc45)c3)c21. The van der Waals surface area contributed by atoms with Crippen molar-refractivity contribution in [1.82, 2.24) is 0 Å². The molecule has 10 aromatic rings. The molecule has 1 aliphatic carbocycles. The van der Waals surface area contributed by atoms with Crippen LogP contribution in [0.15, 0.2) is 194 Å². The minimum absolute atomic E-state index is 0.135. The largest absolute Gasteiger partial charge is 0.0616 e. The Labute approximate surface area is 322 Å². The monoisotopic (exact) mass is 698 g/mol. The second-order valence-corrected chi connectivity index (χ2v) is 15.6. The van der Waals surface area contributed by atoms with Crippen LogP contribution in [0, 0.1) is 0 Å². The Balaban J connectivity index is 1.10. The normalized spacial score (nSPS) is 13.1. The van der Waals surface area contributed by atoms with Gasteiger partial charge in [0.15, 0.2) is 0 Å². The van der Waals surface area contributed by atoms with Gasteiger partial charge in [-0.2, -0.15) is 0 Å². The Morgan fingerprint density at radius 2 is 0.764 bits per heavy atom. The van der Waals surface area contributed by atoms with E-state index in [0.717, 1.165) is 0 Å². The van der Waals surface area contributed by atoms with Crippen LogP contribution in [0.3, 0.4) is 0 Å². The molecule has 0 aromatic heterocycles. The number of benzene rings is 10. The molecular weight excluding hydrogens is 661 g/mol. The topological polar surface area (TPSA) is 0 Å². The summed E-state index contributed by atoms with van der Waals surface area (Å²) in [5.41, 5.74) is 15.5. The van der Waals surface area contributed by atoms with E-state index in [0.29, 0.717) is 0 Å². The van der Waals surface area contributed by atoms with Gasteiger partial charge in [-0.3, -0.25) is 0 Å². The Morgan fingerprint density at radius 3 is 1.44 bits per heavy atom. The first-order valence-corrected chi connectivity index (χ1v) is 19.3. The minimum atomic E-state index is -0.135. The predicted molar refractivity (Wildman–Crippen MR) is 236 cm³/mol. The van der Waals surface area contributed by atoms with Crippen molar-refractivity contribution in [2.45, 2.75) is 19.3 Å². The van der Waals surface area contributed by atoms with Crippen LogP contribution in [-0.4, -0.2) is 0 Å². The Bertz CT molecular complexity index is 3120. The molecule has 0 saturated heterocycles. The molecule has 0 nitrogen and oxygen atoms in total. The third kappa shape index (κ3) is 4.85. The lowest BCUT2D eigenvalue weighted by Crippen LogP contribution is -2.16. The Kier molecular flexibility index (Phi) is 7.00. The molecule has 0 spiro atoms. The molecule has 0 radical (unpaired) electrons. The average molecular weight is 699 g/mol. The molecule has 258 valence electrons. The zero-order chi connectivity index (χ0) is 36.7. The third-order valence-electron chi connectivity index (χ3n) is 12.2. The molecule has 10 aromatic carbocycles. The van der Waals surface area contributed by atoms with Gasteiger partial charge in [-0.25, -0.2) is 0 Å². The van der Waals surface area contributed by atoms with Crippen molar-refractivity contribution in [3.63, 3.8) is 0 Å². The first kappa shape index (κ1) is 31.7. The van der Waals surface area contributed by atoms with Crippen molar-refractivity contribution in [1.29, 1.82) is 0 Å². The molecule has 1 aliphatic rings. The number of fused-ring (bicyclic) bond motifs is 8. The van der Waals surface area contributed by atoms with E-state index in [1.807, 2.05) is 0 Å². The van der Waals surface area contributed by atoms with Crippen LogP contribution < -0.4 is 0 Å². The molecule has 0 amide bonds. The average Bonchev–Trinajstić information content (AvgIpc) is 3.49. The maximum atomic E-state index is 2.43. The number of hydrogen-bond acceptors (Lipinski definition) is 0. The van der Waals surface area contributed by atoms with Gasteiger partial charge in [0.05, 0.1) is 0 Å². The Morgan fingerprint density at radius 1 is 0.291 bits per heavy atom. The van der Waals surface area contributed by atoms with Crippen LogP contribution in [0.1, 0.15) is 25.0 Å². The summed E-state index contributed by atoms with van der Waals surface area (Å²) in [6, 6.07) is 72.1. The molecule has 0 atom stereocenters. The number of hydrogen-bond donors (Lipinski definition) is 0. The van der Waals surface area contributed by atoms with Gasteiger partial charge in [0, 0.05) is 5.41 Å².